The summed E-state index contributed by atoms with van der Waals surface area (Å²) in [4.78, 5) is 14.9. The lowest BCUT2D eigenvalue weighted by atomic mass is 10.2. The third kappa shape index (κ3) is 2.51. The summed E-state index contributed by atoms with van der Waals surface area (Å²) in [6.45, 7) is 0. The standard InChI is InChI=1S/C15H11N3O3/c1-20-13-8-3-2-7-12(13)15-16-14(18-21-15)10-5-4-6-11(9-10)17-19/h2-9H,1H3. The molecule has 0 bridgehead atoms. The van der Waals surface area contributed by atoms with Crippen LogP contribution in [0.2, 0.25) is 0 Å². The fraction of sp³-hybridized carbons (Fsp3) is 0.0667. The topological polar surface area (TPSA) is 77.6 Å². The van der Waals surface area contributed by atoms with E-state index in [0.29, 0.717) is 34.3 Å². The van der Waals surface area contributed by atoms with Gasteiger partial charge in [0.15, 0.2) is 0 Å². The van der Waals surface area contributed by atoms with Crippen LogP contribution >= 0.6 is 0 Å². The summed E-state index contributed by atoms with van der Waals surface area (Å²) in [5.74, 6) is 1.39. The van der Waals surface area contributed by atoms with Gasteiger partial charge in [-0.3, -0.25) is 0 Å². The molecule has 0 saturated heterocycles. The van der Waals surface area contributed by atoms with Crippen molar-refractivity contribution in [2.75, 3.05) is 7.11 Å². The fourth-order valence-corrected chi connectivity index (χ4v) is 1.97. The molecule has 0 unspecified atom stereocenters. The molecule has 0 radical (unpaired) electrons. The second-order valence-corrected chi connectivity index (χ2v) is 4.27. The first-order valence-electron chi connectivity index (χ1n) is 6.22. The molecule has 104 valence electrons. The van der Waals surface area contributed by atoms with E-state index in [9.17, 15) is 4.91 Å². The van der Waals surface area contributed by atoms with E-state index >= 15 is 0 Å². The van der Waals surface area contributed by atoms with Crippen LogP contribution < -0.4 is 4.74 Å². The van der Waals surface area contributed by atoms with Crippen molar-refractivity contribution < 1.29 is 9.26 Å². The molecule has 3 rings (SSSR count). The van der Waals surface area contributed by atoms with E-state index in [-0.39, 0.29) is 0 Å². The maximum Gasteiger partial charge on any atom is 0.262 e. The van der Waals surface area contributed by atoms with Crippen molar-refractivity contribution in [2.24, 2.45) is 5.18 Å². The second-order valence-electron chi connectivity index (χ2n) is 4.27. The Morgan fingerprint density at radius 2 is 2.00 bits per heavy atom. The van der Waals surface area contributed by atoms with Crippen LogP contribution in [0.3, 0.4) is 0 Å². The Morgan fingerprint density at radius 1 is 1.14 bits per heavy atom. The summed E-state index contributed by atoms with van der Waals surface area (Å²) in [5.41, 5.74) is 1.69. The third-order valence-corrected chi connectivity index (χ3v) is 2.97. The van der Waals surface area contributed by atoms with Gasteiger partial charge in [-0.05, 0) is 29.4 Å². The van der Waals surface area contributed by atoms with E-state index in [1.54, 1.807) is 31.4 Å². The molecule has 0 aliphatic heterocycles. The monoisotopic (exact) mass is 281 g/mol. The van der Waals surface area contributed by atoms with E-state index in [2.05, 4.69) is 15.3 Å². The summed E-state index contributed by atoms with van der Waals surface area (Å²) in [5, 5.41) is 6.82. The molecule has 1 aromatic heterocycles. The fourth-order valence-electron chi connectivity index (χ4n) is 1.97. The molecule has 6 nitrogen and oxygen atoms in total. The molecule has 3 aromatic rings. The minimum absolute atomic E-state index is 0.316. The zero-order valence-corrected chi connectivity index (χ0v) is 11.2. The number of ether oxygens (including phenoxy) is 1. The summed E-state index contributed by atoms with van der Waals surface area (Å²) in [6.07, 6.45) is 0. The molecule has 0 aliphatic rings. The number of aromatic nitrogens is 2. The van der Waals surface area contributed by atoms with Crippen molar-refractivity contribution in [3.63, 3.8) is 0 Å². The highest BCUT2D eigenvalue weighted by atomic mass is 16.5. The normalized spacial score (nSPS) is 10.3. The number of hydrogen-bond acceptors (Lipinski definition) is 6. The lowest BCUT2D eigenvalue weighted by Gasteiger charge is -2.02. The molecule has 0 aliphatic carbocycles. The van der Waals surface area contributed by atoms with Crippen molar-refractivity contribution in [3.8, 4) is 28.6 Å². The molecule has 0 N–H and O–H groups in total. The quantitative estimate of drug-likeness (QED) is 0.679. The predicted molar refractivity (Wildman–Crippen MR) is 77.2 cm³/mol. The van der Waals surface area contributed by atoms with E-state index < -0.39 is 0 Å². The van der Waals surface area contributed by atoms with Crippen LogP contribution in [0.5, 0.6) is 5.75 Å². The van der Waals surface area contributed by atoms with Crippen LogP contribution in [0.1, 0.15) is 0 Å². The van der Waals surface area contributed by atoms with Crippen molar-refractivity contribution in [1.29, 1.82) is 0 Å². The van der Waals surface area contributed by atoms with Gasteiger partial charge in [-0.15, -0.1) is 4.91 Å². The average molecular weight is 281 g/mol. The molecule has 0 fully saturated rings. The zero-order valence-electron chi connectivity index (χ0n) is 11.2. The van der Waals surface area contributed by atoms with Gasteiger partial charge in [0.2, 0.25) is 5.82 Å². The largest absolute Gasteiger partial charge is 0.496 e. The lowest BCUT2D eigenvalue weighted by Crippen LogP contribution is -1.87. The first-order chi connectivity index (χ1) is 10.3. The van der Waals surface area contributed by atoms with Gasteiger partial charge < -0.3 is 9.26 Å². The summed E-state index contributed by atoms with van der Waals surface area (Å²) >= 11 is 0. The third-order valence-electron chi connectivity index (χ3n) is 2.97. The van der Waals surface area contributed by atoms with Crippen molar-refractivity contribution >= 4 is 5.69 Å². The number of para-hydroxylation sites is 1. The van der Waals surface area contributed by atoms with Gasteiger partial charge in [-0.1, -0.05) is 29.4 Å². The van der Waals surface area contributed by atoms with Crippen molar-refractivity contribution in [2.45, 2.75) is 0 Å². The van der Waals surface area contributed by atoms with E-state index in [1.165, 1.54) is 0 Å². The molecule has 1 heterocycles. The molecule has 6 heteroatoms. The maximum absolute atomic E-state index is 10.6. The highest BCUT2D eigenvalue weighted by Crippen LogP contribution is 2.30. The van der Waals surface area contributed by atoms with Gasteiger partial charge in [-0.25, -0.2) is 0 Å². The Hall–Kier alpha value is -3.02. The van der Waals surface area contributed by atoms with Crippen LogP contribution in [0.15, 0.2) is 58.2 Å². The SMILES string of the molecule is COc1ccccc1-c1nc(-c2cccc(N=O)c2)no1. The second kappa shape index (κ2) is 5.54. The van der Waals surface area contributed by atoms with Gasteiger partial charge in [0.05, 0.1) is 12.7 Å². The minimum atomic E-state index is 0.316. The summed E-state index contributed by atoms with van der Waals surface area (Å²) < 4.78 is 10.5. The molecule has 21 heavy (non-hydrogen) atoms. The molecular formula is C15H11N3O3. The Labute approximate surface area is 120 Å². The highest BCUT2D eigenvalue weighted by Gasteiger charge is 2.14. The van der Waals surface area contributed by atoms with Crippen molar-refractivity contribution in [3.05, 3.63) is 53.4 Å². The Morgan fingerprint density at radius 3 is 2.81 bits per heavy atom. The van der Waals surface area contributed by atoms with Crippen LogP contribution in [-0.4, -0.2) is 17.3 Å². The molecule has 0 saturated carbocycles. The number of benzene rings is 2. The van der Waals surface area contributed by atoms with Crippen LogP contribution in [0.25, 0.3) is 22.8 Å². The molecular weight excluding hydrogens is 270 g/mol. The van der Waals surface area contributed by atoms with Gasteiger partial charge in [0, 0.05) is 5.56 Å². The minimum Gasteiger partial charge on any atom is -0.496 e. The van der Waals surface area contributed by atoms with Crippen LogP contribution in [0.4, 0.5) is 5.69 Å². The van der Waals surface area contributed by atoms with Gasteiger partial charge >= 0.3 is 0 Å². The van der Waals surface area contributed by atoms with E-state index in [0.717, 1.165) is 0 Å². The highest BCUT2D eigenvalue weighted by molar-refractivity contribution is 5.66. The maximum atomic E-state index is 10.6. The van der Waals surface area contributed by atoms with Crippen molar-refractivity contribution in [1.82, 2.24) is 10.1 Å². The summed E-state index contributed by atoms with van der Waals surface area (Å²) in [6, 6.07) is 14.1. The van der Waals surface area contributed by atoms with E-state index in [4.69, 9.17) is 9.26 Å². The first-order valence-corrected chi connectivity index (χ1v) is 6.22. The van der Waals surface area contributed by atoms with Gasteiger partial charge in [-0.2, -0.15) is 4.98 Å². The first kappa shape index (κ1) is 13.0. The molecule has 0 spiro atoms. The lowest BCUT2D eigenvalue weighted by molar-refractivity contribution is 0.405. The number of hydrogen-bond donors (Lipinski definition) is 0. The number of rotatable bonds is 4. The Kier molecular flexibility index (Phi) is 3.42. The Balaban J connectivity index is 2.01. The zero-order chi connectivity index (χ0) is 14.7. The average Bonchev–Trinajstić information content (AvgIpc) is 3.04. The number of nitroso groups, excluding NO2 is 1. The smallest absolute Gasteiger partial charge is 0.262 e. The molecule has 2 aromatic carbocycles. The number of nitrogens with zero attached hydrogens (tertiary/aromatic N) is 3. The molecule has 0 atom stereocenters. The van der Waals surface area contributed by atoms with Crippen LogP contribution in [-0.2, 0) is 0 Å². The van der Waals surface area contributed by atoms with Crippen LogP contribution in [0, 0.1) is 4.91 Å². The molecule has 0 amide bonds. The van der Waals surface area contributed by atoms with Gasteiger partial charge in [0.25, 0.3) is 5.89 Å². The summed E-state index contributed by atoms with van der Waals surface area (Å²) in [7, 11) is 1.58. The Bertz CT molecular complexity index is 783. The number of methoxy groups -OCH3 is 1. The van der Waals surface area contributed by atoms with E-state index in [1.807, 2.05) is 24.3 Å². The predicted octanol–water partition coefficient (Wildman–Crippen LogP) is 3.81. The van der Waals surface area contributed by atoms with Gasteiger partial charge in [0.1, 0.15) is 11.4 Å².